The molecule has 0 spiro atoms. The lowest BCUT2D eigenvalue weighted by atomic mass is 10.4. The standard InChI is InChI=1S/C8H14NO.ClH/c1-9(2,3)7-8-5-4-6-10-8;/h4-6H,7H2,1-3H3;1H/q+1;/p-1. The molecule has 0 radical (unpaired) electrons. The van der Waals surface area contributed by atoms with Crippen molar-refractivity contribution in [2.45, 2.75) is 6.54 Å². The Balaban J connectivity index is 0.000001000. The molecule has 0 aromatic carbocycles. The van der Waals surface area contributed by atoms with E-state index in [1.165, 1.54) is 0 Å². The van der Waals surface area contributed by atoms with E-state index in [2.05, 4.69) is 21.1 Å². The molecule has 64 valence electrons. The van der Waals surface area contributed by atoms with Crippen molar-refractivity contribution in [1.29, 1.82) is 0 Å². The zero-order chi connectivity index (χ0) is 7.61. The lowest BCUT2D eigenvalue weighted by Crippen LogP contribution is -3.00. The topological polar surface area (TPSA) is 13.1 Å². The molecule has 0 amide bonds. The van der Waals surface area contributed by atoms with Gasteiger partial charge >= 0.3 is 0 Å². The van der Waals surface area contributed by atoms with E-state index in [9.17, 15) is 0 Å². The van der Waals surface area contributed by atoms with E-state index in [1.807, 2.05) is 12.1 Å². The van der Waals surface area contributed by atoms with Gasteiger partial charge in [-0.25, -0.2) is 0 Å². The summed E-state index contributed by atoms with van der Waals surface area (Å²) in [5.74, 6) is 1.05. The van der Waals surface area contributed by atoms with E-state index in [4.69, 9.17) is 4.42 Å². The van der Waals surface area contributed by atoms with Gasteiger partial charge in [-0.3, -0.25) is 0 Å². The van der Waals surface area contributed by atoms with Crippen LogP contribution >= 0.6 is 0 Å². The van der Waals surface area contributed by atoms with Gasteiger partial charge in [-0.2, -0.15) is 0 Å². The van der Waals surface area contributed by atoms with E-state index in [0.717, 1.165) is 16.8 Å². The highest BCUT2D eigenvalue weighted by atomic mass is 35.5. The summed E-state index contributed by atoms with van der Waals surface area (Å²) in [6.07, 6.45) is 1.71. The van der Waals surface area contributed by atoms with Crippen molar-refractivity contribution in [1.82, 2.24) is 0 Å². The second kappa shape index (κ2) is 3.79. The van der Waals surface area contributed by atoms with E-state index < -0.39 is 0 Å². The molecule has 0 aliphatic carbocycles. The summed E-state index contributed by atoms with van der Waals surface area (Å²) >= 11 is 0. The predicted octanol–water partition coefficient (Wildman–Crippen LogP) is -1.51. The van der Waals surface area contributed by atoms with Crippen molar-refractivity contribution in [2.75, 3.05) is 21.1 Å². The molecule has 0 bridgehead atoms. The fraction of sp³-hybridized carbons (Fsp3) is 0.500. The van der Waals surface area contributed by atoms with Crippen LogP contribution in [0.5, 0.6) is 0 Å². The SMILES string of the molecule is C[N+](C)(C)Cc1ccco1.[Cl-]. The molecule has 1 rings (SSSR count). The average molecular weight is 176 g/mol. The second-order valence-corrected chi connectivity index (χ2v) is 3.53. The third-order valence-corrected chi connectivity index (χ3v) is 1.21. The quantitative estimate of drug-likeness (QED) is 0.499. The Labute approximate surface area is 73.8 Å². The number of quaternary nitrogens is 1. The molecule has 3 heteroatoms. The molecule has 0 fully saturated rings. The first-order valence-corrected chi connectivity index (χ1v) is 3.41. The number of furan rings is 1. The van der Waals surface area contributed by atoms with Crippen LogP contribution in [0.25, 0.3) is 0 Å². The number of rotatable bonds is 2. The minimum atomic E-state index is 0. The van der Waals surface area contributed by atoms with Gasteiger partial charge in [-0.05, 0) is 12.1 Å². The van der Waals surface area contributed by atoms with Crippen LogP contribution in [0.4, 0.5) is 0 Å². The van der Waals surface area contributed by atoms with Crippen molar-refractivity contribution >= 4 is 0 Å². The fourth-order valence-electron chi connectivity index (χ4n) is 0.870. The molecule has 1 heterocycles. The van der Waals surface area contributed by atoms with Gasteiger partial charge in [0.2, 0.25) is 0 Å². The highest BCUT2D eigenvalue weighted by molar-refractivity contribution is 4.95. The Kier molecular flexibility index (Phi) is 3.63. The molecule has 1 aromatic heterocycles. The highest BCUT2D eigenvalue weighted by Gasteiger charge is 2.09. The predicted molar refractivity (Wildman–Crippen MR) is 40.4 cm³/mol. The van der Waals surface area contributed by atoms with Crippen LogP contribution in [-0.2, 0) is 6.54 Å². The largest absolute Gasteiger partial charge is 1.00 e. The summed E-state index contributed by atoms with van der Waals surface area (Å²) in [7, 11) is 6.42. The summed E-state index contributed by atoms with van der Waals surface area (Å²) in [4.78, 5) is 0. The highest BCUT2D eigenvalue weighted by Crippen LogP contribution is 2.06. The first kappa shape index (κ1) is 10.5. The molecular weight excluding hydrogens is 162 g/mol. The third-order valence-electron chi connectivity index (χ3n) is 1.21. The molecule has 0 aliphatic heterocycles. The normalized spacial score (nSPS) is 10.8. The second-order valence-electron chi connectivity index (χ2n) is 3.53. The first-order valence-electron chi connectivity index (χ1n) is 3.41. The number of nitrogens with zero attached hydrogens (tertiary/aromatic N) is 1. The zero-order valence-electron chi connectivity index (χ0n) is 7.17. The van der Waals surface area contributed by atoms with Gasteiger partial charge in [0.25, 0.3) is 0 Å². The van der Waals surface area contributed by atoms with Crippen LogP contribution in [0.2, 0.25) is 0 Å². The van der Waals surface area contributed by atoms with Gasteiger partial charge in [0.05, 0.1) is 27.4 Å². The summed E-state index contributed by atoms with van der Waals surface area (Å²) in [5, 5.41) is 0. The molecule has 0 N–H and O–H groups in total. The van der Waals surface area contributed by atoms with Gasteiger partial charge in [0, 0.05) is 0 Å². The van der Waals surface area contributed by atoms with Crippen molar-refractivity contribution in [3.63, 3.8) is 0 Å². The lowest BCUT2D eigenvalue weighted by Gasteiger charge is -2.21. The fourth-order valence-corrected chi connectivity index (χ4v) is 0.870. The smallest absolute Gasteiger partial charge is 0.158 e. The molecule has 2 nitrogen and oxygen atoms in total. The summed E-state index contributed by atoms with van der Waals surface area (Å²) in [6.45, 7) is 0.951. The molecule has 1 aromatic rings. The van der Waals surface area contributed by atoms with Crippen molar-refractivity contribution < 1.29 is 21.3 Å². The maximum atomic E-state index is 5.19. The van der Waals surface area contributed by atoms with Crippen LogP contribution in [0.15, 0.2) is 22.8 Å². The maximum absolute atomic E-state index is 5.19. The Bertz CT molecular complexity index is 188. The molecule has 0 saturated carbocycles. The molecule has 11 heavy (non-hydrogen) atoms. The molecule has 0 saturated heterocycles. The third kappa shape index (κ3) is 4.06. The number of halogens is 1. The van der Waals surface area contributed by atoms with Crippen LogP contribution < -0.4 is 12.4 Å². The molecule has 0 unspecified atom stereocenters. The van der Waals surface area contributed by atoms with E-state index in [1.54, 1.807) is 6.26 Å². The van der Waals surface area contributed by atoms with E-state index in [-0.39, 0.29) is 12.4 Å². The van der Waals surface area contributed by atoms with Crippen molar-refractivity contribution in [3.8, 4) is 0 Å². The van der Waals surface area contributed by atoms with Gasteiger partial charge in [0.15, 0.2) is 5.76 Å². The zero-order valence-corrected chi connectivity index (χ0v) is 7.93. The maximum Gasteiger partial charge on any atom is 0.158 e. The van der Waals surface area contributed by atoms with Gasteiger partial charge in [-0.15, -0.1) is 0 Å². The number of hydrogen-bond acceptors (Lipinski definition) is 1. The van der Waals surface area contributed by atoms with Crippen LogP contribution in [-0.4, -0.2) is 25.6 Å². The van der Waals surface area contributed by atoms with Gasteiger partial charge < -0.3 is 21.3 Å². The Hall–Kier alpha value is -0.470. The molecule has 0 atom stereocenters. The molecular formula is C8H14ClNO. The average Bonchev–Trinajstić information content (AvgIpc) is 2.12. The Morgan fingerprint density at radius 3 is 2.36 bits per heavy atom. The van der Waals surface area contributed by atoms with Gasteiger partial charge in [-0.1, -0.05) is 0 Å². The summed E-state index contributed by atoms with van der Waals surface area (Å²) in [6, 6.07) is 3.93. The van der Waals surface area contributed by atoms with E-state index in [0.29, 0.717) is 0 Å². The summed E-state index contributed by atoms with van der Waals surface area (Å²) < 4.78 is 6.10. The van der Waals surface area contributed by atoms with Crippen LogP contribution in [0, 0.1) is 0 Å². The van der Waals surface area contributed by atoms with Crippen LogP contribution in [0.3, 0.4) is 0 Å². The van der Waals surface area contributed by atoms with Crippen LogP contribution in [0.1, 0.15) is 5.76 Å². The number of hydrogen-bond donors (Lipinski definition) is 0. The Morgan fingerprint density at radius 2 is 2.00 bits per heavy atom. The van der Waals surface area contributed by atoms with Gasteiger partial charge in [0.1, 0.15) is 6.54 Å². The molecule has 0 aliphatic rings. The Morgan fingerprint density at radius 1 is 1.36 bits per heavy atom. The first-order chi connectivity index (χ1) is 4.58. The monoisotopic (exact) mass is 175 g/mol. The van der Waals surface area contributed by atoms with Crippen molar-refractivity contribution in [3.05, 3.63) is 24.2 Å². The minimum Gasteiger partial charge on any atom is -1.00 e. The van der Waals surface area contributed by atoms with Crippen molar-refractivity contribution in [2.24, 2.45) is 0 Å². The lowest BCUT2D eigenvalue weighted by molar-refractivity contribution is -0.884. The summed E-state index contributed by atoms with van der Waals surface area (Å²) in [5.41, 5.74) is 0. The van der Waals surface area contributed by atoms with E-state index >= 15 is 0 Å². The minimum absolute atomic E-state index is 0.